The SMILES string of the molecule is CCOc1ccc(S(=O)(=O)Nc2ccc(C(=O)NNC(=O)c3csc4c3CCCC4)cc2)cc1. The molecule has 178 valence electrons. The lowest BCUT2D eigenvalue weighted by molar-refractivity contribution is 0.0846. The van der Waals surface area contributed by atoms with Crippen molar-refractivity contribution in [1.82, 2.24) is 10.9 Å². The summed E-state index contributed by atoms with van der Waals surface area (Å²) in [6, 6.07) is 12.0. The van der Waals surface area contributed by atoms with Crippen LogP contribution >= 0.6 is 11.3 Å². The molecule has 1 aliphatic rings. The maximum Gasteiger partial charge on any atom is 0.270 e. The zero-order valence-corrected chi connectivity index (χ0v) is 20.2. The topological polar surface area (TPSA) is 114 Å². The molecule has 2 amide bonds. The first-order chi connectivity index (χ1) is 16.4. The molecule has 1 heterocycles. The number of aryl methyl sites for hydroxylation is 1. The first-order valence-electron chi connectivity index (χ1n) is 10.9. The molecule has 0 saturated carbocycles. The Morgan fingerprint density at radius 3 is 2.32 bits per heavy atom. The predicted octanol–water partition coefficient (Wildman–Crippen LogP) is 3.90. The smallest absolute Gasteiger partial charge is 0.270 e. The fraction of sp³-hybridized carbons (Fsp3) is 0.250. The van der Waals surface area contributed by atoms with Gasteiger partial charge < -0.3 is 4.74 Å². The number of benzene rings is 2. The van der Waals surface area contributed by atoms with Gasteiger partial charge in [0, 0.05) is 21.5 Å². The van der Waals surface area contributed by atoms with Gasteiger partial charge in [0.1, 0.15) is 5.75 Å². The molecule has 0 atom stereocenters. The Kier molecular flexibility index (Phi) is 7.18. The second-order valence-electron chi connectivity index (χ2n) is 7.75. The average molecular weight is 500 g/mol. The monoisotopic (exact) mass is 499 g/mol. The van der Waals surface area contributed by atoms with Gasteiger partial charge in [0.05, 0.1) is 17.1 Å². The summed E-state index contributed by atoms with van der Waals surface area (Å²) in [4.78, 5) is 26.3. The van der Waals surface area contributed by atoms with E-state index in [9.17, 15) is 18.0 Å². The number of fused-ring (bicyclic) bond motifs is 1. The molecule has 0 saturated heterocycles. The number of rotatable bonds is 7. The number of nitrogens with one attached hydrogen (secondary N) is 3. The van der Waals surface area contributed by atoms with Crippen molar-refractivity contribution in [2.45, 2.75) is 37.5 Å². The first-order valence-corrected chi connectivity index (χ1v) is 13.3. The minimum Gasteiger partial charge on any atom is -0.494 e. The molecule has 0 fully saturated rings. The molecule has 10 heteroatoms. The molecular weight excluding hydrogens is 474 g/mol. The van der Waals surface area contributed by atoms with Crippen LogP contribution in [0, 0.1) is 0 Å². The lowest BCUT2D eigenvalue weighted by Crippen LogP contribution is -2.41. The molecule has 3 N–H and O–H groups in total. The van der Waals surface area contributed by atoms with Crippen LogP contribution in [-0.2, 0) is 22.9 Å². The molecule has 2 aromatic carbocycles. The van der Waals surface area contributed by atoms with E-state index in [1.165, 1.54) is 41.3 Å². The summed E-state index contributed by atoms with van der Waals surface area (Å²) in [6.45, 7) is 2.34. The van der Waals surface area contributed by atoms with Gasteiger partial charge in [-0.15, -0.1) is 11.3 Å². The van der Waals surface area contributed by atoms with E-state index in [-0.39, 0.29) is 16.4 Å². The molecule has 4 rings (SSSR count). The van der Waals surface area contributed by atoms with Gasteiger partial charge in [-0.3, -0.25) is 25.2 Å². The zero-order valence-electron chi connectivity index (χ0n) is 18.6. The average Bonchev–Trinajstić information content (AvgIpc) is 3.27. The fourth-order valence-electron chi connectivity index (χ4n) is 3.72. The third kappa shape index (κ3) is 5.40. The van der Waals surface area contributed by atoms with Crippen LogP contribution in [0.3, 0.4) is 0 Å². The molecule has 0 aliphatic heterocycles. The van der Waals surface area contributed by atoms with Gasteiger partial charge in [-0.2, -0.15) is 0 Å². The molecule has 3 aromatic rings. The number of thiophene rings is 1. The van der Waals surface area contributed by atoms with Gasteiger partial charge in [0.2, 0.25) is 0 Å². The van der Waals surface area contributed by atoms with E-state index in [4.69, 9.17) is 4.74 Å². The van der Waals surface area contributed by atoms with Gasteiger partial charge in [-0.1, -0.05) is 0 Å². The summed E-state index contributed by atoms with van der Waals surface area (Å²) in [5.41, 5.74) is 7.15. The van der Waals surface area contributed by atoms with Crippen molar-refractivity contribution in [2.24, 2.45) is 0 Å². The van der Waals surface area contributed by atoms with Gasteiger partial charge in [-0.05, 0) is 86.7 Å². The Balaban J connectivity index is 1.35. The van der Waals surface area contributed by atoms with Crippen LogP contribution in [-0.4, -0.2) is 26.8 Å². The van der Waals surface area contributed by atoms with Crippen molar-refractivity contribution in [3.63, 3.8) is 0 Å². The number of hydrogen-bond donors (Lipinski definition) is 3. The first kappa shape index (κ1) is 23.8. The van der Waals surface area contributed by atoms with Crippen LogP contribution in [0.4, 0.5) is 5.69 Å². The van der Waals surface area contributed by atoms with Crippen molar-refractivity contribution in [2.75, 3.05) is 11.3 Å². The second-order valence-corrected chi connectivity index (χ2v) is 10.4. The number of ether oxygens (including phenoxy) is 1. The highest BCUT2D eigenvalue weighted by Crippen LogP contribution is 2.30. The lowest BCUT2D eigenvalue weighted by Gasteiger charge is -2.13. The molecular formula is C24H25N3O5S2. The van der Waals surface area contributed by atoms with Crippen LogP contribution in [0.5, 0.6) is 5.75 Å². The maximum atomic E-state index is 12.6. The summed E-state index contributed by atoms with van der Waals surface area (Å²) in [5, 5.41) is 1.84. The number of anilines is 1. The highest BCUT2D eigenvalue weighted by Gasteiger charge is 2.20. The Morgan fingerprint density at radius 2 is 1.62 bits per heavy atom. The summed E-state index contributed by atoms with van der Waals surface area (Å²) >= 11 is 1.58. The van der Waals surface area contributed by atoms with Gasteiger partial charge >= 0.3 is 0 Å². The highest BCUT2D eigenvalue weighted by atomic mass is 32.2. The minimum atomic E-state index is -3.79. The Bertz CT molecular complexity index is 1280. The molecule has 1 aliphatic carbocycles. The third-order valence-corrected chi connectivity index (χ3v) is 7.93. The quantitative estimate of drug-likeness (QED) is 0.427. The summed E-state index contributed by atoms with van der Waals surface area (Å²) < 4.78 is 33.0. The summed E-state index contributed by atoms with van der Waals surface area (Å²) in [7, 11) is -3.79. The van der Waals surface area contributed by atoms with Crippen molar-refractivity contribution in [3.8, 4) is 5.75 Å². The van der Waals surface area contributed by atoms with Crippen LogP contribution in [0.2, 0.25) is 0 Å². The van der Waals surface area contributed by atoms with Crippen molar-refractivity contribution in [3.05, 3.63) is 75.5 Å². The zero-order chi connectivity index (χ0) is 24.1. The number of amides is 2. The number of sulfonamides is 1. The van der Waals surface area contributed by atoms with E-state index in [1.54, 1.807) is 23.5 Å². The molecule has 8 nitrogen and oxygen atoms in total. The number of hydrazine groups is 1. The highest BCUT2D eigenvalue weighted by molar-refractivity contribution is 7.92. The molecule has 0 bridgehead atoms. The normalized spacial score (nSPS) is 13.0. The number of hydrogen-bond acceptors (Lipinski definition) is 6. The lowest BCUT2D eigenvalue weighted by atomic mass is 9.96. The van der Waals surface area contributed by atoms with E-state index in [2.05, 4.69) is 15.6 Å². The van der Waals surface area contributed by atoms with Crippen molar-refractivity contribution < 1.29 is 22.7 Å². The standard InChI is InChI=1S/C24H25N3O5S2/c1-2-32-18-11-13-19(14-12-18)34(30,31)27-17-9-7-16(8-10-17)23(28)25-26-24(29)21-15-33-22-6-4-3-5-20(21)22/h7-15,27H,2-6H2,1H3,(H,25,28)(H,26,29). The fourth-order valence-corrected chi connectivity index (χ4v) is 5.91. The van der Waals surface area contributed by atoms with E-state index < -0.39 is 15.9 Å². The van der Waals surface area contributed by atoms with E-state index >= 15 is 0 Å². The molecule has 34 heavy (non-hydrogen) atoms. The van der Waals surface area contributed by atoms with Crippen LogP contribution in [0.15, 0.2) is 58.8 Å². The maximum absolute atomic E-state index is 12.6. The minimum absolute atomic E-state index is 0.0936. The summed E-state index contributed by atoms with van der Waals surface area (Å²) in [5.74, 6) is -0.256. The van der Waals surface area contributed by atoms with Gasteiger partial charge in [0.25, 0.3) is 21.8 Å². The van der Waals surface area contributed by atoms with E-state index in [0.717, 1.165) is 31.2 Å². The number of carbonyl (C=O) groups is 2. The largest absolute Gasteiger partial charge is 0.494 e. The summed E-state index contributed by atoms with van der Waals surface area (Å²) in [6.07, 6.45) is 4.07. The Labute approximate surface area is 202 Å². The molecule has 0 radical (unpaired) electrons. The Morgan fingerprint density at radius 1 is 0.941 bits per heavy atom. The Hall–Kier alpha value is -3.37. The predicted molar refractivity (Wildman–Crippen MR) is 131 cm³/mol. The third-order valence-electron chi connectivity index (χ3n) is 5.44. The van der Waals surface area contributed by atoms with Gasteiger partial charge in [0.15, 0.2) is 0 Å². The van der Waals surface area contributed by atoms with Crippen molar-refractivity contribution in [1.29, 1.82) is 0 Å². The second kappa shape index (κ2) is 10.3. The number of carbonyl (C=O) groups excluding carboxylic acids is 2. The van der Waals surface area contributed by atoms with E-state index in [1.807, 2.05) is 12.3 Å². The molecule has 1 aromatic heterocycles. The van der Waals surface area contributed by atoms with Crippen LogP contribution in [0.1, 0.15) is 50.9 Å². The van der Waals surface area contributed by atoms with Crippen LogP contribution < -0.4 is 20.3 Å². The molecule has 0 unspecified atom stereocenters. The van der Waals surface area contributed by atoms with Crippen LogP contribution in [0.25, 0.3) is 0 Å². The van der Waals surface area contributed by atoms with Crippen molar-refractivity contribution >= 4 is 38.9 Å². The van der Waals surface area contributed by atoms with E-state index in [0.29, 0.717) is 23.6 Å². The molecule has 0 spiro atoms. The van der Waals surface area contributed by atoms with Gasteiger partial charge in [-0.25, -0.2) is 8.42 Å².